The maximum absolute atomic E-state index is 13.6. The van der Waals surface area contributed by atoms with Crippen LogP contribution in [0.25, 0.3) is 22.3 Å². The molecule has 0 aliphatic carbocycles. The molecule has 0 N–H and O–H groups in total. The number of alkyl halides is 2. The van der Waals surface area contributed by atoms with Crippen molar-refractivity contribution >= 4 is 16.9 Å². The number of hydrogen-bond donors (Lipinski definition) is 0. The Balaban J connectivity index is 1.71. The number of aromatic nitrogens is 3. The zero-order chi connectivity index (χ0) is 25.1. The van der Waals surface area contributed by atoms with E-state index >= 15 is 0 Å². The van der Waals surface area contributed by atoms with E-state index < -0.39 is 6.61 Å². The van der Waals surface area contributed by atoms with Crippen LogP contribution in [0.4, 0.5) is 8.78 Å². The van der Waals surface area contributed by atoms with Gasteiger partial charge < -0.3 is 14.4 Å². The van der Waals surface area contributed by atoms with Crippen LogP contribution in [0, 0.1) is 0 Å². The Morgan fingerprint density at radius 3 is 2.49 bits per heavy atom. The normalized spacial score (nSPS) is 11.3. The van der Waals surface area contributed by atoms with Crippen LogP contribution in [0.15, 0.2) is 60.8 Å². The number of rotatable bonds is 8. The lowest BCUT2D eigenvalue weighted by molar-refractivity contribution is -0.0512. The molecule has 2 heterocycles. The van der Waals surface area contributed by atoms with Crippen molar-refractivity contribution in [3.8, 4) is 22.8 Å². The van der Waals surface area contributed by atoms with Crippen LogP contribution < -0.4 is 9.47 Å². The number of nitrogens with zero attached hydrogens (tertiary/aromatic N) is 4. The molecule has 7 nitrogen and oxygen atoms in total. The molecule has 2 aromatic heterocycles. The van der Waals surface area contributed by atoms with Crippen molar-refractivity contribution in [2.75, 3.05) is 14.2 Å². The Morgan fingerprint density at radius 1 is 1.09 bits per heavy atom. The average molecular weight is 481 g/mol. The fraction of sp³-hybridized carbons (Fsp3) is 0.269. The number of methoxy groups -OCH3 is 1. The lowest BCUT2D eigenvalue weighted by atomic mass is 10.1. The van der Waals surface area contributed by atoms with Crippen molar-refractivity contribution in [2.24, 2.45) is 0 Å². The van der Waals surface area contributed by atoms with E-state index in [2.05, 4.69) is 9.84 Å². The standard InChI is InChI=1S/C26H26F2N4O3/c1-16(2)32-24-20(14-29-32)19(13-21(30-24)18-8-6-5-7-9-18)25(33)31(3)15-17-10-11-22(34-4)23(12-17)35-26(27)28/h5-14,16,26H,15H2,1-4H3. The van der Waals surface area contributed by atoms with Gasteiger partial charge in [-0.2, -0.15) is 13.9 Å². The van der Waals surface area contributed by atoms with Crippen LogP contribution in [0.2, 0.25) is 0 Å². The molecule has 4 rings (SSSR count). The minimum absolute atomic E-state index is 0.0549. The van der Waals surface area contributed by atoms with Gasteiger partial charge in [-0.25, -0.2) is 9.67 Å². The first-order chi connectivity index (χ1) is 16.8. The third kappa shape index (κ3) is 5.08. The molecular weight excluding hydrogens is 454 g/mol. The highest BCUT2D eigenvalue weighted by atomic mass is 19.3. The monoisotopic (exact) mass is 480 g/mol. The van der Waals surface area contributed by atoms with E-state index in [4.69, 9.17) is 9.72 Å². The van der Waals surface area contributed by atoms with Crippen molar-refractivity contribution in [3.63, 3.8) is 0 Å². The number of halogens is 2. The molecule has 0 spiro atoms. The van der Waals surface area contributed by atoms with Gasteiger partial charge in [-0.1, -0.05) is 36.4 Å². The summed E-state index contributed by atoms with van der Waals surface area (Å²) in [4.78, 5) is 19.9. The predicted molar refractivity (Wildman–Crippen MR) is 129 cm³/mol. The lowest BCUT2D eigenvalue weighted by Gasteiger charge is -2.19. The molecule has 0 bridgehead atoms. The molecule has 0 saturated heterocycles. The van der Waals surface area contributed by atoms with E-state index in [1.165, 1.54) is 24.1 Å². The number of ether oxygens (including phenoxy) is 2. The first-order valence-electron chi connectivity index (χ1n) is 11.1. The summed E-state index contributed by atoms with van der Waals surface area (Å²) in [6.45, 7) is 1.18. The number of carbonyl (C=O) groups excluding carboxylic acids is 1. The number of benzene rings is 2. The van der Waals surface area contributed by atoms with E-state index in [1.54, 1.807) is 30.1 Å². The summed E-state index contributed by atoms with van der Waals surface area (Å²) in [5.41, 5.74) is 3.24. The summed E-state index contributed by atoms with van der Waals surface area (Å²) in [5.74, 6) is -0.144. The van der Waals surface area contributed by atoms with E-state index in [-0.39, 0.29) is 30.0 Å². The van der Waals surface area contributed by atoms with Gasteiger partial charge in [0.05, 0.1) is 30.0 Å². The van der Waals surface area contributed by atoms with Crippen molar-refractivity contribution in [1.29, 1.82) is 0 Å². The molecular formula is C26H26F2N4O3. The summed E-state index contributed by atoms with van der Waals surface area (Å²) < 4.78 is 37.1. The summed E-state index contributed by atoms with van der Waals surface area (Å²) in [6.07, 6.45) is 1.65. The fourth-order valence-corrected chi connectivity index (χ4v) is 3.89. The Labute approximate surface area is 201 Å². The first-order valence-corrected chi connectivity index (χ1v) is 11.1. The highest BCUT2D eigenvalue weighted by Crippen LogP contribution is 2.31. The maximum Gasteiger partial charge on any atom is 0.387 e. The van der Waals surface area contributed by atoms with E-state index in [1.807, 2.05) is 44.2 Å². The summed E-state index contributed by atoms with van der Waals surface area (Å²) in [6, 6.07) is 16.1. The van der Waals surface area contributed by atoms with Gasteiger partial charge in [0.15, 0.2) is 17.1 Å². The molecule has 0 aliphatic heterocycles. The quantitative estimate of drug-likeness (QED) is 0.330. The van der Waals surface area contributed by atoms with Crippen LogP contribution in [0.5, 0.6) is 11.5 Å². The number of hydrogen-bond acceptors (Lipinski definition) is 5. The van der Waals surface area contributed by atoms with Gasteiger partial charge in [-0.3, -0.25) is 4.79 Å². The molecule has 0 radical (unpaired) electrons. The van der Waals surface area contributed by atoms with Gasteiger partial charge in [0.1, 0.15) is 0 Å². The molecule has 0 atom stereocenters. The van der Waals surface area contributed by atoms with Crippen LogP contribution in [-0.4, -0.2) is 46.3 Å². The minimum atomic E-state index is -2.99. The van der Waals surface area contributed by atoms with E-state index in [0.717, 1.165) is 5.56 Å². The molecule has 35 heavy (non-hydrogen) atoms. The SMILES string of the molecule is COc1ccc(CN(C)C(=O)c2cc(-c3ccccc3)nc3c2cnn3C(C)C)cc1OC(F)F. The largest absolute Gasteiger partial charge is 0.493 e. The predicted octanol–water partition coefficient (Wildman–Crippen LogP) is 5.56. The summed E-state index contributed by atoms with van der Waals surface area (Å²) >= 11 is 0. The molecule has 9 heteroatoms. The van der Waals surface area contributed by atoms with Crippen LogP contribution in [0.1, 0.15) is 35.8 Å². The first kappa shape index (κ1) is 24.1. The zero-order valence-electron chi connectivity index (χ0n) is 19.9. The highest BCUT2D eigenvalue weighted by Gasteiger charge is 2.22. The van der Waals surface area contributed by atoms with Crippen molar-refractivity contribution in [2.45, 2.75) is 33.0 Å². The van der Waals surface area contributed by atoms with Gasteiger partial charge in [0.2, 0.25) is 0 Å². The van der Waals surface area contributed by atoms with Crippen LogP contribution in [-0.2, 0) is 6.54 Å². The Kier molecular flexibility index (Phi) is 6.95. The second-order valence-corrected chi connectivity index (χ2v) is 8.37. The average Bonchev–Trinajstić information content (AvgIpc) is 3.28. The molecule has 0 saturated carbocycles. The fourth-order valence-electron chi connectivity index (χ4n) is 3.89. The topological polar surface area (TPSA) is 69.5 Å². The number of amides is 1. The van der Waals surface area contributed by atoms with Crippen LogP contribution >= 0.6 is 0 Å². The smallest absolute Gasteiger partial charge is 0.387 e. The van der Waals surface area contributed by atoms with Crippen molar-refractivity contribution in [3.05, 3.63) is 71.9 Å². The second-order valence-electron chi connectivity index (χ2n) is 8.37. The molecule has 1 amide bonds. The second kappa shape index (κ2) is 10.1. The van der Waals surface area contributed by atoms with E-state index in [9.17, 15) is 13.6 Å². The van der Waals surface area contributed by atoms with E-state index in [0.29, 0.717) is 27.9 Å². The molecule has 4 aromatic rings. The molecule has 182 valence electrons. The highest BCUT2D eigenvalue weighted by molar-refractivity contribution is 6.06. The molecule has 2 aromatic carbocycles. The Bertz CT molecular complexity index is 1340. The Morgan fingerprint density at radius 2 is 1.83 bits per heavy atom. The molecule has 0 fully saturated rings. The van der Waals surface area contributed by atoms with Gasteiger partial charge in [0.25, 0.3) is 5.91 Å². The summed E-state index contributed by atoms with van der Waals surface area (Å²) in [7, 11) is 3.03. The zero-order valence-corrected chi connectivity index (χ0v) is 19.9. The third-order valence-electron chi connectivity index (χ3n) is 5.57. The maximum atomic E-state index is 13.6. The number of carbonyl (C=O) groups is 1. The summed E-state index contributed by atoms with van der Waals surface area (Å²) in [5, 5.41) is 5.10. The number of pyridine rings is 1. The van der Waals surface area contributed by atoms with Crippen LogP contribution in [0.3, 0.4) is 0 Å². The molecule has 0 unspecified atom stereocenters. The number of fused-ring (bicyclic) bond motifs is 1. The van der Waals surface area contributed by atoms with Crippen molar-refractivity contribution in [1.82, 2.24) is 19.7 Å². The van der Waals surface area contributed by atoms with Crippen molar-refractivity contribution < 1.29 is 23.0 Å². The van der Waals surface area contributed by atoms with Gasteiger partial charge in [-0.15, -0.1) is 0 Å². The Hall–Kier alpha value is -4.01. The molecule has 0 aliphatic rings. The third-order valence-corrected chi connectivity index (χ3v) is 5.57. The lowest BCUT2D eigenvalue weighted by Crippen LogP contribution is -2.26. The van der Waals surface area contributed by atoms with Gasteiger partial charge >= 0.3 is 6.61 Å². The minimum Gasteiger partial charge on any atom is -0.493 e. The van der Waals surface area contributed by atoms with Gasteiger partial charge in [0, 0.05) is 25.2 Å². The van der Waals surface area contributed by atoms with Gasteiger partial charge in [-0.05, 0) is 37.6 Å².